The standard InChI is InChI=1S/C11H5N3O4S/c12-6-19-11-8-4-2-1-3-7(8)9(13(15)16)5-10(11)14(17)18/h1-5H. The van der Waals surface area contributed by atoms with E-state index in [-0.39, 0.29) is 16.0 Å². The first-order valence-corrected chi connectivity index (χ1v) is 5.78. The quantitative estimate of drug-likeness (QED) is 0.368. The van der Waals surface area contributed by atoms with E-state index < -0.39 is 15.5 Å². The maximum absolute atomic E-state index is 11.0. The Labute approximate surface area is 110 Å². The molecule has 19 heavy (non-hydrogen) atoms. The van der Waals surface area contributed by atoms with Gasteiger partial charge in [-0.2, -0.15) is 5.26 Å². The Morgan fingerprint density at radius 2 is 1.63 bits per heavy atom. The number of nitriles is 1. The van der Waals surface area contributed by atoms with Crippen molar-refractivity contribution < 1.29 is 9.85 Å². The van der Waals surface area contributed by atoms with Crippen LogP contribution >= 0.6 is 11.8 Å². The van der Waals surface area contributed by atoms with E-state index in [1.807, 2.05) is 0 Å². The van der Waals surface area contributed by atoms with Gasteiger partial charge in [0.1, 0.15) is 10.3 Å². The molecule has 0 aliphatic heterocycles. The summed E-state index contributed by atoms with van der Waals surface area (Å²) in [6.45, 7) is 0. The number of fused-ring (bicyclic) bond motifs is 1. The fraction of sp³-hybridized carbons (Fsp3) is 0. The molecule has 2 aromatic rings. The maximum Gasteiger partial charge on any atom is 0.291 e. The third-order valence-corrected chi connectivity index (χ3v) is 3.22. The predicted molar refractivity (Wildman–Crippen MR) is 68.7 cm³/mol. The third-order valence-electron chi connectivity index (χ3n) is 2.49. The average molecular weight is 275 g/mol. The highest BCUT2D eigenvalue weighted by atomic mass is 32.2. The summed E-state index contributed by atoms with van der Waals surface area (Å²) in [6, 6.07) is 7.12. The van der Waals surface area contributed by atoms with Gasteiger partial charge in [-0.15, -0.1) is 0 Å². The molecule has 8 heteroatoms. The number of nitro benzene ring substituents is 2. The molecule has 7 nitrogen and oxygen atoms in total. The fourth-order valence-corrected chi connectivity index (χ4v) is 2.37. The van der Waals surface area contributed by atoms with E-state index >= 15 is 0 Å². The summed E-state index contributed by atoms with van der Waals surface area (Å²) in [5, 5.41) is 33.0. The monoisotopic (exact) mass is 275 g/mol. The van der Waals surface area contributed by atoms with Gasteiger partial charge >= 0.3 is 0 Å². The van der Waals surface area contributed by atoms with Crippen molar-refractivity contribution in [2.45, 2.75) is 4.90 Å². The van der Waals surface area contributed by atoms with Gasteiger partial charge in [-0.1, -0.05) is 18.2 Å². The van der Waals surface area contributed by atoms with Gasteiger partial charge in [-0.05, 0) is 17.8 Å². The molecular weight excluding hydrogens is 270 g/mol. The van der Waals surface area contributed by atoms with Crippen molar-refractivity contribution in [1.82, 2.24) is 0 Å². The van der Waals surface area contributed by atoms with Gasteiger partial charge in [0, 0.05) is 5.39 Å². The summed E-state index contributed by atoms with van der Waals surface area (Å²) in [6.07, 6.45) is 0. The van der Waals surface area contributed by atoms with E-state index in [0.717, 1.165) is 6.07 Å². The van der Waals surface area contributed by atoms with Crippen molar-refractivity contribution in [3.05, 3.63) is 50.6 Å². The molecule has 0 aliphatic rings. The van der Waals surface area contributed by atoms with E-state index in [1.54, 1.807) is 17.5 Å². The van der Waals surface area contributed by atoms with Gasteiger partial charge < -0.3 is 0 Å². The summed E-state index contributed by atoms with van der Waals surface area (Å²) < 4.78 is 0. The van der Waals surface area contributed by atoms with Gasteiger partial charge in [-0.25, -0.2) is 0 Å². The van der Waals surface area contributed by atoms with Crippen LogP contribution in [0.4, 0.5) is 11.4 Å². The molecule has 0 heterocycles. The molecule has 0 radical (unpaired) electrons. The van der Waals surface area contributed by atoms with E-state index in [1.165, 1.54) is 12.1 Å². The number of hydrogen-bond acceptors (Lipinski definition) is 6. The molecule has 94 valence electrons. The zero-order valence-electron chi connectivity index (χ0n) is 9.27. The molecule has 0 bridgehead atoms. The Kier molecular flexibility index (Phi) is 3.31. The second kappa shape index (κ2) is 4.91. The van der Waals surface area contributed by atoms with Crippen molar-refractivity contribution >= 4 is 33.9 Å². The highest BCUT2D eigenvalue weighted by Gasteiger charge is 2.25. The molecule has 0 aliphatic carbocycles. The lowest BCUT2D eigenvalue weighted by Gasteiger charge is -2.04. The Hall–Kier alpha value is -2.66. The Morgan fingerprint density at radius 1 is 1.05 bits per heavy atom. The highest BCUT2D eigenvalue weighted by molar-refractivity contribution is 8.04. The molecule has 0 aromatic heterocycles. The Bertz CT molecular complexity index is 739. The number of hydrogen-bond donors (Lipinski definition) is 0. The minimum atomic E-state index is -0.723. The van der Waals surface area contributed by atoms with Gasteiger partial charge in [0.2, 0.25) is 0 Å². The fourth-order valence-electron chi connectivity index (χ4n) is 1.75. The van der Waals surface area contributed by atoms with E-state index in [9.17, 15) is 20.2 Å². The minimum Gasteiger partial charge on any atom is -0.258 e. The molecule has 0 spiro atoms. The predicted octanol–water partition coefficient (Wildman–Crippen LogP) is 3.23. The minimum absolute atomic E-state index is 0.119. The Balaban J connectivity index is 2.94. The van der Waals surface area contributed by atoms with Crippen LogP contribution in [0.25, 0.3) is 10.8 Å². The molecule has 0 fully saturated rings. The summed E-state index contributed by atoms with van der Waals surface area (Å²) in [5.41, 5.74) is -0.776. The molecule has 0 N–H and O–H groups in total. The molecule has 0 saturated heterocycles. The number of nitro groups is 2. The van der Waals surface area contributed by atoms with E-state index in [2.05, 4.69) is 0 Å². The van der Waals surface area contributed by atoms with Gasteiger partial charge in [-0.3, -0.25) is 20.2 Å². The summed E-state index contributed by atoms with van der Waals surface area (Å²) in [4.78, 5) is 20.7. The van der Waals surface area contributed by atoms with Crippen LogP contribution in [0.2, 0.25) is 0 Å². The van der Waals surface area contributed by atoms with Crippen LogP contribution in [-0.4, -0.2) is 9.85 Å². The first-order chi connectivity index (χ1) is 9.06. The molecule has 0 saturated carbocycles. The highest BCUT2D eigenvalue weighted by Crippen LogP contribution is 2.40. The van der Waals surface area contributed by atoms with Crippen molar-refractivity contribution in [3.8, 4) is 5.40 Å². The van der Waals surface area contributed by atoms with Crippen LogP contribution in [0.15, 0.2) is 35.2 Å². The first-order valence-electron chi connectivity index (χ1n) is 4.96. The van der Waals surface area contributed by atoms with Crippen molar-refractivity contribution in [1.29, 1.82) is 5.26 Å². The van der Waals surface area contributed by atoms with E-state index in [0.29, 0.717) is 17.1 Å². The number of nitrogens with zero attached hydrogens (tertiary/aromatic N) is 3. The van der Waals surface area contributed by atoms with Gasteiger partial charge in [0.15, 0.2) is 0 Å². The number of rotatable bonds is 3. The molecule has 2 aromatic carbocycles. The Morgan fingerprint density at radius 3 is 2.16 bits per heavy atom. The smallest absolute Gasteiger partial charge is 0.258 e. The van der Waals surface area contributed by atoms with E-state index in [4.69, 9.17) is 5.26 Å². The zero-order valence-corrected chi connectivity index (χ0v) is 10.1. The van der Waals surface area contributed by atoms with Crippen molar-refractivity contribution in [2.75, 3.05) is 0 Å². The summed E-state index contributed by atoms with van der Waals surface area (Å²) in [5.74, 6) is 0. The van der Waals surface area contributed by atoms with Crippen molar-refractivity contribution in [3.63, 3.8) is 0 Å². The number of non-ortho nitro benzene ring substituents is 1. The summed E-state index contributed by atoms with van der Waals surface area (Å²) in [7, 11) is 0. The first kappa shape index (κ1) is 12.8. The molecule has 0 amide bonds. The number of thioether (sulfide) groups is 1. The SMILES string of the molecule is N#CSc1c([N+](=O)[O-])cc([N+](=O)[O-])c2ccccc12. The second-order valence-corrected chi connectivity index (χ2v) is 4.29. The number of benzene rings is 2. The molecular formula is C11H5N3O4S. The van der Waals surface area contributed by atoms with Crippen LogP contribution in [0.5, 0.6) is 0 Å². The lowest BCUT2D eigenvalue weighted by Crippen LogP contribution is -1.96. The largest absolute Gasteiger partial charge is 0.291 e. The van der Waals surface area contributed by atoms with Gasteiger partial charge in [0.25, 0.3) is 11.4 Å². The molecule has 2 rings (SSSR count). The molecule has 0 atom stereocenters. The average Bonchev–Trinajstić information content (AvgIpc) is 2.38. The second-order valence-electron chi connectivity index (χ2n) is 3.50. The zero-order chi connectivity index (χ0) is 14.0. The normalized spacial score (nSPS) is 10.1. The maximum atomic E-state index is 11.0. The van der Waals surface area contributed by atoms with Crippen molar-refractivity contribution in [2.24, 2.45) is 0 Å². The molecule has 0 unspecified atom stereocenters. The summed E-state index contributed by atoms with van der Waals surface area (Å²) >= 11 is 0.621. The van der Waals surface area contributed by atoms with Crippen LogP contribution in [0.1, 0.15) is 0 Å². The lowest BCUT2D eigenvalue weighted by molar-refractivity contribution is -0.394. The topological polar surface area (TPSA) is 110 Å². The third kappa shape index (κ3) is 2.19. The van der Waals surface area contributed by atoms with Gasteiger partial charge in [0.05, 0.1) is 21.3 Å². The van der Waals surface area contributed by atoms with Crippen LogP contribution in [0, 0.1) is 30.9 Å². The van der Waals surface area contributed by atoms with Crippen LogP contribution < -0.4 is 0 Å². The van der Waals surface area contributed by atoms with Crippen LogP contribution in [-0.2, 0) is 0 Å². The van der Waals surface area contributed by atoms with Crippen LogP contribution in [0.3, 0.4) is 0 Å². The lowest BCUT2D eigenvalue weighted by atomic mass is 10.1. The number of thiocyanates is 1.